The van der Waals surface area contributed by atoms with Crippen LogP contribution in [-0.4, -0.2) is 50.0 Å². The number of hydrogen-bond donors (Lipinski definition) is 1. The lowest BCUT2D eigenvalue weighted by atomic mass is 9.87. The molecule has 3 aromatic rings. The molecule has 1 amide bonds. The number of aliphatic carboxylic acids is 1. The largest absolute Gasteiger partial charge is 0.489 e. The quantitative estimate of drug-likeness (QED) is 0.428. The van der Waals surface area contributed by atoms with Gasteiger partial charge >= 0.3 is 12.1 Å². The lowest BCUT2D eigenvalue weighted by molar-refractivity contribution is -0.143. The first-order valence-electron chi connectivity index (χ1n) is 12.2. The maximum absolute atomic E-state index is 12.6. The van der Waals surface area contributed by atoms with Gasteiger partial charge in [-0.3, -0.25) is 9.48 Å². The molecule has 0 radical (unpaired) electrons. The third kappa shape index (κ3) is 6.60. The smallest absolute Gasteiger partial charge is 0.410 e. The van der Waals surface area contributed by atoms with E-state index in [2.05, 4.69) is 5.10 Å². The fourth-order valence-corrected chi connectivity index (χ4v) is 4.75. The van der Waals surface area contributed by atoms with Gasteiger partial charge < -0.3 is 19.5 Å². The van der Waals surface area contributed by atoms with E-state index < -0.39 is 12.1 Å². The second kappa shape index (κ2) is 11.6. The van der Waals surface area contributed by atoms with Gasteiger partial charge in [-0.05, 0) is 62.4 Å². The lowest BCUT2D eigenvalue weighted by Gasteiger charge is -2.27. The van der Waals surface area contributed by atoms with Crippen molar-refractivity contribution in [3.05, 3.63) is 64.6 Å². The van der Waals surface area contributed by atoms with Crippen LogP contribution in [0.15, 0.2) is 42.6 Å². The summed E-state index contributed by atoms with van der Waals surface area (Å²) >= 11 is 6.04. The fourth-order valence-electron chi connectivity index (χ4n) is 4.54. The van der Waals surface area contributed by atoms with E-state index in [-0.39, 0.29) is 18.6 Å². The molecular weight excluding hydrogens is 496 g/mol. The molecule has 0 bridgehead atoms. The molecule has 9 nitrogen and oxygen atoms in total. The maximum Gasteiger partial charge on any atom is 0.410 e. The molecule has 1 unspecified atom stereocenters. The molecule has 0 saturated heterocycles. The summed E-state index contributed by atoms with van der Waals surface area (Å²) in [4.78, 5) is 30.2. The van der Waals surface area contributed by atoms with Crippen LogP contribution in [0, 0.1) is 12.8 Å². The number of halogens is 1. The van der Waals surface area contributed by atoms with Crippen molar-refractivity contribution in [2.75, 3.05) is 7.05 Å². The van der Waals surface area contributed by atoms with E-state index in [0.717, 1.165) is 24.0 Å². The Bertz CT molecular complexity index is 1280. The minimum absolute atomic E-state index is 0.0299. The maximum atomic E-state index is 12.6. The summed E-state index contributed by atoms with van der Waals surface area (Å²) in [6, 6.07) is 11.0. The van der Waals surface area contributed by atoms with Crippen LogP contribution in [-0.2, 0) is 29.7 Å². The van der Waals surface area contributed by atoms with Crippen LogP contribution in [0.3, 0.4) is 0 Å². The van der Waals surface area contributed by atoms with Crippen LogP contribution in [0.2, 0.25) is 5.02 Å². The minimum atomic E-state index is -0.765. The molecule has 10 heteroatoms. The highest BCUT2D eigenvalue weighted by Gasteiger charge is 2.28. The van der Waals surface area contributed by atoms with Crippen LogP contribution in [0.1, 0.15) is 42.6 Å². The van der Waals surface area contributed by atoms with E-state index in [1.807, 2.05) is 37.3 Å². The zero-order valence-electron chi connectivity index (χ0n) is 21.2. The number of nitrogens with zero attached hydrogens (tertiary/aromatic N) is 4. The van der Waals surface area contributed by atoms with Crippen LogP contribution < -0.4 is 4.74 Å². The molecule has 1 N–H and O–H groups in total. The zero-order chi connectivity index (χ0) is 26.5. The minimum Gasteiger partial charge on any atom is -0.489 e. The summed E-state index contributed by atoms with van der Waals surface area (Å²) < 4.78 is 13.4. The number of aromatic nitrogens is 3. The highest BCUT2D eigenvalue weighted by atomic mass is 35.5. The second-order valence-electron chi connectivity index (χ2n) is 9.39. The Morgan fingerprint density at radius 3 is 2.78 bits per heavy atom. The van der Waals surface area contributed by atoms with Crippen molar-refractivity contribution in [3.63, 3.8) is 0 Å². The van der Waals surface area contributed by atoms with E-state index in [9.17, 15) is 14.7 Å². The average Bonchev–Trinajstić information content (AvgIpc) is 3.24. The molecular formula is C27H31ClN4O5. The van der Waals surface area contributed by atoms with Crippen molar-refractivity contribution >= 4 is 23.7 Å². The highest BCUT2D eigenvalue weighted by Crippen LogP contribution is 2.31. The molecule has 196 valence electrons. The first-order valence-corrected chi connectivity index (χ1v) is 12.6. The van der Waals surface area contributed by atoms with E-state index >= 15 is 0 Å². The van der Waals surface area contributed by atoms with Gasteiger partial charge in [0.15, 0.2) is 0 Å². The van der Waals surface area contributed by atoms with Gasteiger partial charge in [-0.2, -0.15) is 5.10 Å². The van der Waals surface area contributed by atoms with Crippen LogP contribution >= 0.6 is 11.6 Å². The van der Waals surface area contributed by atoms with E-state index in [1.54, 1.807) is 31.0 Å². The molecule has 2 aromatic heterocycles. The first-order chi connectivity index (χ1) is 17.7. The molecule has 1 aliphatic carbocycles. The van der Waals surface area contributed by atoms with Crippen LogP contribution in [0.5, 0.6) is 5.75 Å². The fraction of sp³-hybridized carbons (Fsp3) is 0.407. The number of amides is 1. The number of carboxylic acid groups (broad SMARTS) is 1. The molecule has 2 heterocycles. The molecule has 0 aliphatic heterocycles. The first kappa shape index (κ1) is 26.5. The van der Waals surface area contributed by atoms with Crippen molar-refractivity contribution < 1.29 is 24.2 Å². The SMILES string of the molecule is Cc1nc(-c2cnn(C)c2COC(=O)N(C)Cc2cccc(Cl)c2)ccc1O[C@H]1CCCC(C(=O)O)C1. The van der Waals surface area contributed by atoms with E-state index in [0.29, 0.717) is 47.2 Å². The van der Waals surface area contributed by atoms with Gasteiger partial charge in [-0.1, -0.05) is 23.7 Å². The van der Waals surface area contributed by atoms with Crippen LogP contribution in [0.4, 0.5) is 4.79 Å². The molecule has 1 aliphatic rings. The van der Waals surface area contributed by atoms with Crippen molar-refractivity contribution in [1.82, 2.24) is 19.7 Å². The standard InChI is InChI=1S/C27H31ClN4O5/c1-17-25(37-21-9-5-7-19(13-21)26(33)34)11-10-23(30-17)22-14-29-32(3)24(22)16-36-27(35)31(2)15-18-6-4-8-20(28)12-18/h4,6,8,10-12,14,19,21H,5,7,9,13,15-16H2,1-3H3,(H,33,34)/t19?,21-/m0/s1. The predicted molar refractivity (Wildman–Crippen MR) is 138 cm³/mol. The van der Waals surface area contributed by atoms with Crippen molar-refractivity contribution in [1.29, 1.82) is 0 Å². The van der Waals surface area contributed by atoms with Gasteiger partial charge in [0.1, 0.15) is 12.4 Å². The number of rotatable bonds is 8. The molecule has 1 saturated carbocycles. The molecule has 1 aromatic carbocycles. The Kier molecular flexibility index (Phi) is 8.33. The number of carbonyl (C=O) groups is 2. The highest BCUT2D eigenvalue weighted by molar-refractivity contribution is 6.30. The topological polar surface area (TPSA) is 107 Å². The average molecular weight is 527 g/mol. The summed E-state index contributed by atoms with van der Waals surface area (Å²) in [6.07, 6.45) is 3.94. The molecule has 4 rings (SSSR count). The van der Waals surface area contributed by atoms with Gasteiger partial charge in [0.25, 0.3) is 0 Å². The van der Waals surface area contributed by atoms with Gasteiger partial charge in [-0.15, -0.1) is 0 Å². The third-order valence-corrected chi connectivity index (χ3v) is 6.83. The van der Waals surface area contributed by atoms with Crippen molar-refractivity contribution in [2.24, 2.45) is 13.0 Å². The van der Waals surface area contributed by atoms with Crippen LogP contribution in [0.25, 0.3) is 11.3 Å². The van der Waals surface area contributed by atoms with E-state index in [1.165, 1.54) is 4.90 Å². The Morgan fingerprint density at radius 1 is 1.24 bits per heavy atom. The third-order valence-electron chi connectivity index (χ3n) is 6.60. The number of ether oxygens (including phenoxy) is 2. The van der Waals surface area contributed by atoms with Crippen molar-refractivity contribution in [2.45, 2.75) is 51.9 Å². The summed E-state index contributed by atoms with van der Waals surface area (Å²) in [5.41, 5.74) is 3.75. The number of hydrogen-bond acceptors (Lipinski definition) is 6. The summed E-state index contributed by atoms with van der Waals surface area (Å²) in [5, 5.41) is 14.3. The normalized spacial score (nSPS) is 17.3. The van der Waals surface area contributed by atoms with Gasteiger partial charge in [0.2, 0.25) is 0 Å². The number of benzene rings is 1. The molecule has 0 spiro atoms. The van der Waals surface area contributed by atoms with E-state index in [4.69, 9.17) is 26.1 Å². The molecule has 1 fully saturated rings. The Hall–Kier alpha value is -3.59. The Balaban J connectivity index is 1.41. The number of aryl methyl sites for hydroxylation is 2. The molecule has 37 heavy (non-hydrogen) atoms. The molecule has 2 atom stereocenters. The van der Waals surface area contributed by atoms with Gasteiger partial charge in [0, 0.05) is 31.2 Å². The van der Waals surface area contributed by atoms with Crippen molar-refractivity contribution in [3.8, 4) is 17.0 Å². The zero-order valence-corrected chi connectivity index (χ0v) is 21.9. The summed E-state index contributed by atoms with van der Waals surface area (Å²) in [7, 11) is 3.46. The summed E-state index contributed by atoms with van der Waals surface area (Å²) in [5.74, 6) is -0.491. The monoisotopic (exact) mass is 526 g/mol. The Morgan fingerprint density at radius 2 is 2.05 bits per heavy atom. The number of pyridine rings is 1. The van der Waals surface area contributed by atoms with Gasteiger partial charge in [-0.25, -0.2) is 9.78 Å². The number of carboxylic acids is 1. The predicted octanol–water partition coefficient (Wildman–Crippen LogP) is 5.23. The lowest BCUT2D eigenvalue weighted by Crippen LogP contribution is -2.29. The van der Waals surface area contributed by atoms with Gasteiger partial charge in [0.05, 0.1) is 35.3 Å². The summed E-state index contributed by atoms with van der Waals surface area (Å²) in [6.45, 7) is 2.26. The number of carbonyl (C=O) groups excluding carboxylic acids is 1. The second-order valence-corrected chi connectivity index (χ2v) is 9.83. The Labute approximate surface area is 221 Å².